The van der Waals surface area contributed by atoms with Gasteiger partial charge in [-0.05, 0) is 24.3 Å². The quantitative estimate of drug-likeness (QED) is 0.737. The molecule has 0 aromatic carbocycles. The molecule has 102 valence electrons. The van der Waals surface area contributed by atoms with E-state index < -0.39 is 5.97 Å². The van der Waals surface area contributed by atoms with Crippen LogP contribution < -0.4 is 5.32 Å². The molecule has 0 amide bonds. The molecule has 20 heavy (non-hydrogen) atoms. The third-order valence-electron chi connectivity index (χ3n) is 2.92. The number of furan rings is 1. The summed E-state index contributed by atoms with van der Waals surface area (Å²) >= 11 is 0. The molecular formula is C14H13N3O3. The Balaban J connectivity index is 1.99. The molecule has 0 bridgehead atoms. The Kier molecular flexibility index (Phi) is 3.12. The van der Waals surface area contributed by atoms with E-state index in [1.54, 1.807) is 10.7 Å². The second kappa shape index (κ2) is 5.08. The number of pyridine rings is 1. The second-order valence-corrected chi connectivity index (χ2v) is 4.16. The molecule has 0 aliphatic carbocycles. The predicted molar refractivity (Wildman–Crippen MR) is 72.6 cm³/mol. The lowest BCUT2D eigenvalue weighted by Crippen LogP contribution is -2.09. The lowest BCUT2D eigenvalue weighted by Gasteiger charge is -2.06. The molecule has 0 spiro atoms. The summed E-state index contributed by atoms with van der Waals surface area (Å²) in [6.45, 7) is 0.458. The van der Waals surface area contributed by atoms with Gasteiger partial charge in [-0.1, -0.05) is 6.07 Å². The third-order valence-corrected chi connectivity index (χ3v) is 2.92. The Morgan fingerprint density at radius 2 is 2.30 bits per heavy atom. The number of ether oxygens (including phenoxy) is 1. The summed E-state index contributed by atoms with van der Waals surface area (Å²) in [5.41, 5.74) is 0.931. The number of carbonyl (C=O) groups is 1. The molecule has 0 saturated carbocycles. The van der Waals surface area contributed by atoms with Gasteiger partial charge in [0.05, 0.1) is 19.9 Å². The summed E-state index contributed by atoms with van der Waals surface area (Å²) in [7, 11) is 1.34. The van der Waals surface area contributed by atoms with Crippen molar-refractivity contribution in [3.05, 3.63) is 54.2 Å². The van der Waals surface area contributed by atoms with E-state index in [0.717, 1.165) is 5.76 Å². The fourth-order valence-corrected chi connectivity index (χ4v) is 1.99. The van der Waals surface area contributed by atoms with E-state index in [-0.39, 0.29) is 5.69 Å². The first-order chi connectivity index (χ1) is 9.79. The third kappa shape index (κ3) is 2.11. The van der Waals surface area contributed by atoms with Crippen molar-refractivity contribution in [1.29, 1.82) is 0 Å². The number of fused-ring (bicyclic) bond motifs is 1. The number of hydrogen-bond acceptors (Lipinski definition) is 5. The number of hydrogen-bond donors (Lipinski definition) is 1. The molecule has 3 aromatic heterocycles. The van der Waals surface area contributed by atoms with Crippen LogP contribution in [0.2, 0.25) is 0 Å². The highest BCUT2D eigenvalue weighted by atomic mass is 16.5. The van der Waals surface area contributed by atoms with Crippen molar-refractivity contribution in [2.75, 3.05) is 12.4 Å². The monoisotopic (exact) mass is 271 g/mol. The Morgan fingerprint density at radius 1 is 1.40 bits per heavy atom. The normalized spacial score (nSPS) is 10.7. The maximum Gasteiger partial charge on any atom is 0.360 e. The van der Waals surface area contributed by atoms with Crippen molar-refractivity contribution < 1.29 is 13.9 Å². The van der Waals surface area contributed by atoms with Gasteiger partial charge in [0.15, 0.2) is 5.69 Å². The van der Waals surface area contributed by atoms with Crippen LogP contribution in [0.3, 0.4) is 0 Å². The Bertz CT molecular complexity index is 731. The van der Waals surface area contributed by atoms with Gasteiger partial charge in [0.2, 0.25) is 0 Å². The molecule has 0 atom stereocenters. The predicted octanol–water partition coefficient (Wildman–Crippen LogP) is 2.33. The Labute approximate surface area is 115 Å². The zero-order chi connectivity index (χ0) is 13.9. The van der Waals surface area contributed by atoms with Crippen molar-refractivity contribution in [1.82, 2.24) is 9.38 Å². The lowest BCUT2D eigenvalue weighted by atomic mass is 10.4. The van der Waals surface area contributed by atoms with Crippen molar-refractivity contribution in [2.24, 2.45) is 0 Å². The van der Waals surface area contributed by atoms with Gasteiger partial charge in [0.25, 0.3) is 0 Å². The van der Waals surface area contributed by atoms with E-state index in [4.69, 9.17) is 9.15 Å². The van der Waals surface area contributed by atoms with E-state index in [1.165, 1.54) is 7.11 Å². The molecule has 6 nitrogen and oxygen atoms in total. The maximum atomic E-state index is 11.8. The topological polar surface area (TPSA) is 68.8 Å². The van der Waals surface area contributed by atoms with Crippen LogP contribution in [0, 0.1) is 0 Å². The number of carbonyl (C=O) groups excluding carboxylic acids is 1. The Hall–Kier alpha value is -2.76. The zero-order valence-electron chi connectivity index (χ0n) is 10.9. The highest BCUT2D eigenvalue weighted by Gasteiger charge is 2.19. The molecule has 6 heteroatoms. The van der Waals surface area contributed by atoms with Crippen LogP contribution in [-0.2, 0) is 11.3 Å². The summed E-state index contributed by atoms with van der Waals surface area (Å²) in [4.78, 5) is 16.1. The molecule has 3 heterocycles. The summed E-state index contributed by atoms with van der Waals surface area (Å²) in [5.74, 6) is 0.881. The van der Waals surface area contributed by atoms with E-state index in [9.17, 15) is 4.79 Å². The fraction of sp³-hybridized carbons (Fsp3) is 0.143. The van der Waals surface area contributed by atoms with Crippen LogP contribution in [0.25, 0.3) is 5.65 Å². The number of rotatable bonds is 4. The van der Waals surface area contributed by atoms with Gasteiger partial charge in [0.1, 0.15) is 17.2 Å². The van der Waals surface area contributed by atoms with Crippen LogP contribution in [0.5, 0.6) is 0 Å². The number of imidazole rings is 1. The van der Waals surface area contributed by atoms with Crippen molar-refractivity contribution in [3.63, 3.8) is 0 Å². The maximum absolute atomic E-state index is 11.8. The first-order valence-corrected chi connectivity index (χ1v) is 6.11. The van der Waals surface area contributed by atoms with E-state index >= 15 is 0 Å². The molecule has 0 aliphatic rings. The largest absolute Gasteiger partial charge is 0.467 e. The van der Waals surface area contributed by atoms with E-state index in [2.05, 4.69) is 10.3 Å². The lowest BCUT2D eigenvalue weighted by molar-refractivity contribution is 0.0596. The first kappa shape index (κ1) is 12.3. The average Bonchev–Trinajstić information content (AvgIpc) is 3.11. The highest BCUT2D eigenvalue weighted by molar-refractivity contribution is 5.94. The molecule has 0 unspecified atom stereocenters. The van der Waals surface area contributed by atoms with Crippen LogP contribution in [0.15, 0.2) is 47.2 Å². The molecule has 0 radical (unpaired) electrons. The summed E-state index contributed by atoms with van der Waals surface area (Å²) in [5, 5.41) is 3.16. The smallest absolute Gasteiger partial charge is 0.360 e. The number of methoxy groups -OCH3 is 1. The number of anilines is 1. The minimum Gasteiger partial charge on any atom is -0.467 e. The number of esters is 1. The van der Waals surface area contributed by atoms with Gasteiger partial charge in [-0.2, -0.15) is 0 Å². The molecule has 3 aromatic rings. The van der Waals surface area contributed by atoms with Gasteiger partial charge in [-0.25, -0.2) is 9.78 Å². The van der Waals surface area contributed by atoms with Gasteiger partial charge in [-0.3, -0.25) is 4.40 Å². The number of nitrogens with one attached hydrogen (secondary N) is 1. The second-order valence-electron chi connectivity index (χ2n) is 4.16. The summed E-state index contributed by atoms with van der Waals surface area (Å²) < 4.78 is 11.8. The van der Waals surface area contributed by atoms with Gasteiger partial charge >= 0.3 is 5.97 Å². The van der Waals surface area contributed by atoms with Crippen LogP contribution in [-0.4, -0.2) is 22.5 Å². The molecule has 1 N–H and O–H groups in total. The number of aromatic nitrogens is 2. The van der Waals surface area contributed by atoms with Crippen LogP contribution in [0.1, 0.15) is 16.2 Å². The summed E-state index contributed by atoms with van der Waals surface area (Å²) in [6.07, 6.45) is 3.44. The van der Waals surface area contributed by atoms with E-state index in [0.29, 0.717) is 18.0 Å². The molecule has 0 fully saturated rings. The first-order valence-electron chi connectivity index (χ1n) is 6.11. The molecule has 3 rings (SSSR count). The van der Waals surface area contributed by atoms with Crippen LogP contribution >= 0.6 is 0 Å². The van der Waals surface area contributed by atoms with Crippen molar-refractivity contribution in [3.8, 4) is 0 Å². The standard InChI is InChI=1S/C14H13N3O3/c1-19-14(18)12-13(15-9-10-5-4-8-20-10)17-7-3-2-6-11(17)16-12/h2-8,15H,9H2,1H3. The van der Waals surface area contributed by atoms with Gasteiger partial charge in [0, 0.05) is 6.20 Å². The minimum absolute atomic E-state index is 0.255. The van der Waals surface area contributed by atoms with Gasteiger partial charge in [-0.15, -0.1) is 0 Å². The minimum atomic E-state index is -0.476. The Morgan fingerprint density at radius 3 is 3.05 bits per heavy atom. The van der Waals surface area contributed by atoms with Crippen molar-refractivity contribution >= 4 is 17.4 Å². The highest BCUT2D eigenvalue weighted by Crippen LogP contribution is 2.20. The van der Waals surface area contributed by atoms with Gasteiger partial charge < -0.3 is 14.5 Å². The van der Waals surface area contributed by atoms with E-state index in [1.807, 2.05) is 36.5 Å². The zero-order valence-corrected chi connectivity index (χ0v) is 10.9. The number of nitrogens with zero attached hydrogens (tertiary/aromatic N) is 2. The molecule has 0 aliphatic heterocycles. The van der Waals surface area contributed by atoms with Crippen LogP contribution in [0.4, 0.5) is 5.82 Å². The average molecular weight is 271 g/mol. The SMILES string of the molecule is COC(=O)c1nc2ccccn2c1NCc1ccco1. The fourth-order valence-electron chi connectivity index (χ4n) is 1.99. The summed E-state index contributed by atoms with van der Waals surface area (Å²) in [6, 6.07) is 9.22. The van der Waals surface area contributed by atoms with Crippen molar-refractivity contribution in [2.45, 2.75) is 6.54 Å². The molecular weight excluding hydrogens is 258 g/mol. The molecule has 0 saturated heterocycles.